The summed E-state index contributed by atoms with van der Waals surface area (Å²) in [6.07, 6.45) is 5.24. The van der Waals surface area contributed by atoms with Crippen molar-refractivity contribution < 1.29 is 24.2 Å². The van der Waals surface area contributed by atoms with Crippen LogP contribution in [0.15, 0.2) is 103 Å². The van der Waals surface area contributed by atoms with Gasteiger partial charge < -0.3 is 20.1 Å². The van der Waals surface area contributed by atoms with Gasteiger partial charge in [-0.3, -0.25) is 14.4 Å². The first-order valence-corrected chi connectivity index (χ1v) is 16.4. The standard InChI is InChI=1S/C36H42N2O5S/c39-21-20-38(24-29-14-6-2-7-15-29)34(40)23-31-18-10-11-19-32(22-28-12-4-1-5-13-28)36(42)43-25-33(37-35(31)41)27-44-26-30-16-8-3-9-17-30/h1-17,31-33,39H,18-27H2,(H,37,41)/t31-,32-,33-/m1/s1. The number of allylic oxidation sites excluding steroid dienone is 2. The highest BCUT2D eigenvalue weighted by molar-refractivity contribution is 7.98. The number of aliphatic hydroxyl groups is 1. The lowest BCUT2D eigenvalue weighted by Gasteiger charge is -2.26. The highest BCUT2D eigenvalue weighted by Crippen LogP contribution is 2.21. The van der Waals surface area contributed by atoms with Crippen molar-refractivity contribution in [2.24, 2.45) is 11.8 Å². The fourth-order valence-corrected chi connectivity index (χ4v) is 6.18. The lowest BCUT2D eigenvalue weighted by atomic mass is 9.94. The Hall–Kier alpha value is -3.88. The molecule has 1 aliphatic heterocycles. The van der Waals surface area contributed by atoms with Gasteiger partial charge in [0.05, 0.1) is 24.5 Å². The molecule has 3 aromatic rings. The molecule has 1 aliphatic rings. The molecule has 0 aliphatic carbocycles. The summed E-state index contributed by atoms with van der Waals surface area (Å²) >= 11 is 1.66. The van der Waals surface area contributed by atoms with Crippen molar-refractivity contribution in [3.05, 3.63) is 120 Å². The quantitative estimate of drug-likeness (QED) is 0.216. The van der Waals surface area contributed by atoms with Crippen molar-refractivity contribution in [3.8, 4) is 0 Å². The van der Waals surface area contributed by atoms with Crippen molar-refractivity contribution >= 4 is 29.5 Å². The van der Waals surface area contributed by atoms with E-state index in [9.17, 15) is 19.5 Å². The van der Waals surface area contributed by atoms with Crippen LogP contribution in [-0.2, 0) is 37.8 Å². The van der Waals surface area contributed by atoms with Gasteiger partial charge >= 0.3 is 5.97 Å². The number of aliphatic hydroxyl groups excluding tert-OH is 1. The zero-order chi connectivity index (χ0) is 31.0. The number of nitrogens with zero attached hydrogens (tertiary/aromatic N) is 1. The second-order valence-electron chi connectivity index (χ2n) is 11.1. The van der Waals surface area contributed by atoms with Crippen LogP contribution >= 0.6 is 11.8 Å². The van der Waals surface area contributed by atoms with Gasteiger partial charge in [-0.1, -0.05) is 103 Å². The molecule has 2 N–H and O–H groups in total. The first-order chi connectivity index (χ1) is 21.5. The van der Waals surface area contributed by atoms with E-state index in [4.69, 9.17) is 4.74 Å². The third-order valence-corrected chi connectivity index (χ3v) is 8.78. The van der Waals surface area contributed by atoms with E-state index < -0.39 is 12.0 Å². The first kappa shape index (κ1) is 33.0. The fourth-order valence-electron chi connectivity index (χ4n) is 5.17. The van der Waals surface area contributed by atoms with Gasteiger partial charge in [0, 0.05) is 31.0 Å². The van der Waals surface area contributed by atoms with Gasteiger partial charge in [0.1, 0.15) is 6.61 Å². The smallest absolute Gasteiger partial charge is 0.309 e. The summed E-state index contributed by atoms with van der Waals surface area (Å²) in [5.41, 5.74) is 3.19. The normalized spacial score (nSPS) is 19.2. The molecule has 0 spiro atoms. The Morgan fingerprint density at radius 2 is 1.43 bits per heavy atom. The maximum absolute atomic E-state index is 13.6. The zero-order valence-electron chi connectivity index (χ0n) is 25.1. The van der Waals surface area contributed by atoms with Crippen LogP contribution in [-0.4, -0.2) is 59.3 Å². The first-order valence-electron chi connectivity index (χ1n) is 15.2. The molecule has 0 fully saturated rings. The molecule has 0 aromatic heterocycles. The number of esters is 1. The number of hydrogen-bond acceptors (Lipinski definition) is 6. The number of rotatable bonds is 12. The van der Waals surface area contributed by atoms with Crippen LogP contribution < -0.4 is 5.32 Å². The van der Waals surface area contributed by atoms with E-state index in [1.165, 1.54) is 5.56 Å². The maximum atomic E-state index is 13.6. The molecule has 7 nitrogen and oxygen atoms in total. The summed E-state index contributed by atoms with van der Waals surface area (Å²) in [5.74, 6) is -0.344. The Balaban J connectivity index is 1.49. The SMILES string of the molecule is O=C1N[C@@H](CSCc2ccccc2)COC(=O)[C@@H](Cc2ccccc2)CC=CC[C@@H]1CC(=O)N(CCO)Cc1ccccc1. The molecule has 44 heavy (non-hydrogen) atoms. The third-order valence-electron chi connectivity index (χ3n) is 7.60. The summed E-state index contributed by atoms with van der Waals surface area (Å²) in [5, 5.41) is 12.7. The molecule has 8 heteroatoms. The second-order valence-corrected chi connectivity index (χ2v) is 12.1. The zero-order valence-corrected chi connectivity index (χ0v) is 25.9. The van der Waals surface area contributed by atoms with Gasteiger partial charge in [-0.15, -0.1) is 0 Å². The van der Waals surface area contributed by atoms with Crippen molar-refractivity contribution in [2.75, 3.05) is 25.5 Å². The van der Waals surface area contributed by atoms with Gasteiger partial charge in [0.25, 0.3) is 0 Å². The summed E-state index contributed by atoms with van der Waals surface area (Å²) < 4.78 is 5.81. The lowest BCUT2D eigenvalue weighted by Crippen LogP contribution is -2.45. The van der Waals surface area contributed by atoms with Crippen LogP contribution in [0.25, 0.3) is 0 Å². The third kappa shape index (κ3) is 11.0. The molecule has 232 valence electrons. The van der Waals surface area contributed by atoms with Crippen LogP contribution in [0.4, 0.5) is 0 Å². The van der Waals surface area contributed by atoms with E-state index >= 15 is 0 Å². The van der Waals surface area contributed by atoms with Gasteiger partial charge in [-0.05, 0) is 36.0 Å². The Morgan fingerprint density at radius 1 is 0.841 bits per heavy atom. The molecule has 4 rings (SSSR count). The van der Waals surface area contributed by atoms with Crippen LogP contribution in [0.2, 0.25) is 0 Å². The molecule has 3 atom stereocenters. The van der Waals surface area contributed by atoms with Gasteiger partial charge in [-0.2, -0.15) is 11.8 Å². The fraction of sp³-hybridized carbons (Fsp3) is 0.361. The summed E-state index contributed by atoms with van der Waals surface area (Å²) in [4.78, 5) is 41.9. The van der Waals surface area contributed by atoms with Crippen LogP contribution in [0, 0.1) is 11.8 Å². The Kier molecular flexibility index (Phi) is 13.5. The van der Waals surface area contributed by atoms with Crippen LogP contribution in [0.5, 0.6) is 0 Å². The van der Waals surface area contributed by atoms with Crippen molar-refractivity contribution in [3.63, 3.8) is 0 Å². The average Bonchev–Trinajstić information content (AvgIpc) is 3.04. The number of nitrogens with one attached hydrogen (secondary N) is 1. The highest BCUT2D eigenvalue weighted by Gasteiger charge is 2.28. The van der Waals surface area contributed by atoms with E-state index in [0.29, 0.717) is 31.6 Å². The Labute approximate surface area is 264 Å². The van der Waals surface area contributed by atoms with Crippen LogP contribution in [0.1, 0.15) is 36.0 Å². The van der Waals surface area contributed by atoms with Crippen molar-refractivity contribution in [1.82, 2.24) is 10.2 Å². The topological polar surface area (TPSA) is 95.9 Å². The Bertz CT molecular complexity index is 1340. The number of thioether (sulfide) groups is 1. The summed E-state index contributed by atoms with van der Waals surface area (Å²) in [6, 6.07) is 29.2. The number of cyclic esters (lactones) is 1. The van der Waals surface area contributed by atoms with Gasteiger partial charge in [0.2, 0.25) is 11.8 Å². The summed E-state index contributed by atoms with van der Waals surface area (Å²) in [7, 11) is 0. The number of ether oxygens (including phenoxy) is 1. The number of carbonyl (C=O) groups excluding carboxylic acids is 3. The van der Waals surface area contributed by atoms with Crippen molar-refractivity contribution in [1.29, 1.82) is 0 Å². The number of amides is 2. The van der Waals surface area contributed by atoms with E-state index in [1.54, 1.807) is 16.7 Å². The molecule has 0 radical (unpaired) electrons. The minimum atomic E-state index is -0.597. The van der Waals surface area contributed by atoms with E-state index in [0.717, 1.165) is 16.9 Å². The van der Waals surface area contributed by atoms with Crippen LogP contribution in [0.3, 0.4) is 0 Å². The molecule has 1 heterocycles. The second kappa shape index (κ2) is 18.0. The predicted molar refractivity (Wildman–Crippen MR) is 175 cm³/mol. The van der Waals surface area contributed by atoms with Crippen molar-refractivity contribution in [2.45, 2.75) is 44.0 Å². The molecule has 2 amide bonds. The van der Waals surface area contributed by atoms with E-state index in [1.807, 2.05) is 91.0 Å². The molecule has 0 bridgehead atoms. The minimum Gasteiger partial charge on any atom is -0.463 e. The maximum Gasteiger partial charge on any atom is 0.309 e. The lowest BCUT2D eigenvalue weighted by molar-refractivity contribution is -0.149. The highest BCUT2D eigenvalue weighted by atomic mass is 32.2. The molecule has 0 unspecified atom stereocenters. The predicted octanol–water partition coefficient (Wildman–Crippen LogP) is 5.18. The largest absolute Gasteiger partial charge is 0.463 e. The molecule has 3 aromatic carbocycles. The molecule has 0 saturated heterocycles. The average molecular weight is 615 g/mol. The van der Waals surface area contributed by atoms with E-state index in [-0.39, 0.29) is 49.9 Å². The summed E-state index contributed by atoms with van der Waals surface area (Å²) in [6.45, 7) is 0.449. The number of carbonyl (C=O) groups is 3. The molecular weight excluding hydrogens is 572 g/mol. The molecular formula is C36H42N2O5S. The number of benzene rings is 3. The van der Waals surface area contributed by atoms with E-state index in [2.05, 4.69) is 17.4 Å². The van der Waals surface area contributed by atoms with Gasteiger partial charge in [0.15, 0.2) is 0 Å². The monoisotopic (exact) mass is 614 g/mol. The van der Waals surface area contributed by atoms with Gasteiger partial charge in [-0.25, -0.2) is 0 Å². The molecule has 0 saturated carbocycles. The Morgan fingerprint density at radius 3 is 2.07 bits per heavy atom. The number of hydrogen-bond donors (Lipinski definition) is 2. The minimum absolute atomic E-state index is 0.0140.